The minimum atomic E-state index is 0.462. The van der Waals surface area contributed by atoms with Gasteiger partial charge in [-0.25, -0.2) is 0 Å². The van der Waals surface area contributed by atoms with Gasteiger partial charge in [0.15, 0.2) is 0 Å². The van der Waals surface area contributed by atoms with E-state index in [-0.39, 0.29) is 0 Å². The maximum absolute atomic E-state index is 4.09. The second kappa shape index (κ2) is 5.81. The van der Waals surface area contributed by atoms with E-state index in [9.17, 15) is 0 Å². The quantitative estimate of drug-likeness (QED) is 0.688. The Labute approximate surface area is 118 Å². The van der Waals surface area contributed by atoms with Crippen molar-refractivity contribution in [2.45, 2.75) is 64.7 Å². The van der Waals surface area contributed by atoms with E-state index in [0.29, 0.717) is 5.41 Å². The number of nitrogens with one attached hydrogen (secondary N) is 1. The van der Waals surface area contributed by atoms with Crippen LogP contribution in [0, 0.1) is 0 Å². The fourth-order valence-corrected chi connectivity index (χ4v) is 2.76. The molecule has 1 aromatic rings. The van der Waals surface area contributed by atoms with Gasteiger partial charge >= 0.3 is 0 Å². The molecule has 0 heterocycles. The molecule has 0 amide bonds. The molecule has 0 bridgehead atoms. The molecule has 0 spiro atoms. The molecule has 1 saturated carbocycles. The van der Waals surface area contributed by atoms with E-state index in [2.05, 4.69) is 50.9 Å². The molecule has 1 aliphatic rings. The molecular weight excluding hydrogens is 230 g/mol. The molecule has 0 saturated heterocycles. The van der Waals surface area contributed by atoms with Gasteiger partial charge < -0.3 is 5.32 Å². The van der Waals surface area contributed by atoms with Crippen LogP contribution in [-0.4, -0.2) is 0 Å². The Hall–Kier alpha value is -1.24. The maximum Gasteiger partial charge on any atom is 0.0384 e. The Morgan fingerprint density at radius 1 is 1.26 bits per heavy atom. The Morgan fingerprint density at radius 2 is 2.00 bits per heavy atom. The monoisotopic (exact) mass is 257 g/mol. The highest BCUT2D eigenvalue weighted by atomic mass is 14.9. The Bertz CT molecular complexity index is 455. The van der Waals surface area contributed by atoms with Gasteiger partial charge in [-0.3, -0.25) is 0 Å². The summed E-state index contributed by atoms with van der Waals surface area (Å²) in [6, 6.07) is 6.89. The molecule has 1 fully saturated rings. The highest BCUT2D eigenvalue weighted by molar-refractivity contribution is 5.54. The first kappa shape index (κ1) is 14.2. The van der Waals surface area contributed by atoms with Crippen molar-refractivity contribution < 1.29 is 0 Å². The summed E-state index contributed by atoms with van der Waals surface area (Å²) in [5.74, 6) is 0. The highest BCUT2D eigenvalue weighted by Gasteiger charge is 2.40. The average molecular weight is 257 g/mol. The topological polar surface area (TPSA) is 12.0 Å². The van der Waals surface area contributed by atoms with Crippen molar-refractivity contribution in [3.8, 4) is 0 Å². The smallest absolute Gasteiger partial charge is 0.0384 e. The van der Waals surface area contributed by atoms with Crippen LogP contribution in [0.3, 0.4) is 0 Å². The number of allylic oxidation sites excluding steroid dienone is 1. The third kappa shape index (κ3) is 3.40. The first-order valence-electron chi connectivity index (χ1n) is 7.67. The lowest BCUT2D eigenvalue weighted by molar-refractivity contribution is 0.760. The van der Waals surface area contributed by atoms with Gasteiger partial charge in [0, 0.05) is 11.4 Å². The van der Waals surface area contributed by atoms with Gasteiger partial charge in [0.1, 0.15) is 0 Å². The number of aryl methyl sites for hydroxylation is 1. The van der Waals surface area contributed by atoms with Gasteiger partial charge in [-0.15, -0.1) is 0 Å². The predicted molar refractivity (Wildman–Crippen MR) is 84.7 cm³/mol. The van der Waals surface area contributed by atoms with Crippen LogP contribution in [0.2, 0.25) is 0 Å². The Kier molecular flexibility index (Phi) is 4.34. The molecule has 1 aromatic carbocycles. The molecule has 0 aliphatic heterocycles. The van der Waals surface area contributed by atoms with Crippen molar-refractivity contribution in [3.63, 3.8) is 0 Å². The lowest BCUT2D eigenvalue weighted by atomic mass is 9.90. The van der Waals surface area contributed by atoms with Crippen LogP contribution in [-0.2, 0) is 11.8 Å². The molecule has 104 valence electrons. The van der Waals surface area contributed by atoms with Crippen molar-refractivity contribution in [3.05, 3.63) is 41.6 Å². The summed E-state index contributed by atoms with van der Waals surface area (Å²) >= 11 is 0. The molecule has 1 N–H and O–H groups in total. The van der Waals surface area contributed by atoms with Crippen LogP contribution in [0.1, 0.15) is 64.0 Å². The molecule has 2 rings (SSSR count). The zero-order valence-corrected chi connectivity index (χ0v) is 12.7. The van der Waals surface area contributed by atoms with Crippen LogP contribution >= 0.6 is 0 Å². The molecule has 0 radical (unpaired) electrons. The van der Waals surface area contributed by atoms with E-state index in [0.717, 1.165) is 18.5 Å². The van der Waals surface area contributed by atoms with Crippen molar-refractivity contribution in [2.75, 3.05) is 5.32 Å². The van der Waals surface area contributed by atoms with Crippen LogP contribution in [0.5, 0.6) is 0 Å². The molecule has 1 nitrogen and oxygen atoms in total. The Balaban J connectivity index is 2.18. The fraction of sp³-hybridized carbons (Fsp3) is 0.556. The minimum Gasteiger partial charge on any atom is -0.359 e. The van der Waals surface area contributed by atoms with Gasteiger partial charge in [0.2, 0.25) is 0 Å². The standard InChI is InChI=1S/C18H27N/c1-5-7-14(3)19-16-9-10-17(18(4)11-12-18)15(13-16)8-6-2/h9-10,13,19H,3,5-8,11-12H2,1-2,4H3. The fourth-order valence-electron chi connectivity index (χ4n) is 2.76. The van der Waals surface area contributed by atoms with E-state index in [1.54, 1.807) is 5.56 Å². The average Bonchev–Trinajstić information content (AvgIpc) is 3.09. The van der Waals surface area contributed by atoms with Gasteiger partial charge in [0.25, 0.3) is 0 Å². The Morgan fingerprint density at radius 3 is 2.58 bits per heavy atom. The summed E-state index contributed by atoms with van der Waals surface area (Å²) in [5.41, 5.74) is 5.88. The summed E-state index contributed by atoms with van der Waals surface area (Å²) in [6.07, 6.45) is 7.27. The van der Waals surface area contributed by atoms with E-state index in [1.807, 2.05) is 0 Å². The largest absolute Gasteiger partial charge is 0.359 e. The molecule has 0 unspecified atom stereocenters. The van der Waals surface area contributed by atoms with Crippen LogP contribution in [0.25, 0.3) is 0 Å². The van der Waals surface area contributed by atoms with Crippen LogP contribution in [0.15, 0.2) is 30.5 Å². The summed E-state index contributed by atoms with van der Waals surface area (Å²) in [6.45, 7) is 10.9. The number of benzene rings is 1. The lowest BCUT2D eigenvalue weighted by Crippen LogP contribution is -2.06. The third-order valence-corrected chi connectivity index (χ3v) is 4.15. The lowest BCUT2D eigenvalue weighted by Gasteiger charge is -2.17. The molecule has 0 atom stereocenters. The third-order valence-electron chi connectivity index (χ3n) is 4.15. The van der Waals surface area contributed by atoms with Gasteiger partial charge in [0.05, 0.1) is 0 Å². The van der Waals surface area contributed by atoms with Crippen molar-refractivity contribution in [1.82, 2.24) is 0 Å². The summed E-state index contributed by atoms with van der Waals surface area (Å²) in [5, 5.41) is 3.45. The number of anilines is 1. The van der Waals surface area contributed by atoms with Crippen LogP contribution < -0.4 is 5.32 Å². The number of hydrogen-bond acceptors (Lipinski definition) is 1. The molecule has 19 heavy (non-hydrogen) atoms. The maximum atomic E-state index is 4.09. The minimum absolute atomic E-state index is 0.462. The first-order valence-corrected chi connectivity index (χ1v) is 7.67. The van der Waals surface area contributed by atoms with E-state index in [4.69, 9.17) is 0 Å². The van der Waals surface area contributed by atoms with Crippen molar-refractivity contribution in [1.29, 1.82) is 0 Å². The highest BCUT2D eigenvalue weighted by Crippen LogP contribution is 2.49. The van der Waals surface area contributed by atoms with Crippen molar-refractivity contribution in [2.24, 2.45) is 0 Å². The van der Waals surface area contributed by atoms with Crippen LogP contribution in [0.4, 0.5) is 5.69 Å². The van der Waals surface area contributed by atoms with Gasteiger partial charge in [-0.05, 0) is 54.4 Å². The van der Waals surface area contributed by atoms with E-state index >= 15 is 0 Å². The van der Waals surface area contributed by atoms with Crippen molar-refractivity contribution >= 4 is 5.69 Å². The molecule has 0 aromatic heterocycles. The van der Waals surface area contributed by atoms with E-state index in [1.165, 1.54) is 36.9 Å². The molecule has 1 heteroatoms. The molecular formula is C18H27N. The SMILES string of the molecule is C=C(CCC)Nc1ccc(C2(C)CC2)c(CCC)c1. The second-order valence-corrected chi connectivity index (χ2v) is 6.16. The number of rotatable bonds is 7. The first-order chi connectivity index (χ1) is 9.09. The molecule has 1 aliphatic carbocycles. The zero-order valence-electron chi connectivity index (χ0n) is 12.7. The second-order valence-electron chi connectivity index (χ2n) is 6.16. The summed E-state index contributed by atoms with van der Waals surface area (Å²) in [4.78, 5) is 0. The summed E-state index contributed by atoms with van der Waals surface area (Å²) < 4.78 is 0. The predicted octanol–water partition coefficient (Wildman–Crippen LogP) is 5.42. The number of hydrogen-bond donors (Lipinski definition) is 1. The normalized spacial score (nSPS) is 16.2. The zero-order chi connectivity index (χ0) is 13.9. The summed E-state index contributed by atoms with van der Waals surface area (Å²) in [7, 11) is 0. The van der Waals surface area contributed by atoms with Gasteiger partial charge in [-0.1, -0.05) is 46.3 Å². The van der Waals surface area contributed by atoms with E-state index < -0.39 is 0 Å². The van der Waals surface area contributed by atoms with Gasteiger partial charge in [-0.2, -0.15) is 0 Å².